The monoisotopic (exact) mass is 413 g/mol. The summed E-state index contributed by atoms with van der Waals surface area (Å²) in [5, 5.41) is 3.59. The van der Waals surface area contributed by atoms with Crippen molar-refractivity contribution in [2.24, 2.45) is 16.8 Å². The molecule has 31 heavy (non-hydrogen) atoms. The molecule has 0 amide bonds. The predicted octanol–water partition coefficient (Wildman–Crippen LogP) is 7.22. The van der Waals surface area contributed by atoms with E-state index in [0.29, 0.717) is 17.9 Å². The molecule has 3 nitrogen and oxygen atoms in total. The van der Waals surface area contributed by atoms with Gasteiger partial charge in [-0.05, 0) is 55.4 Å². The van der Waals surface area contributed by atoms with E-state index in [1.165, 1.54) is 22.4 Å². The quantitative estimate of drug-likeness (QED) is 0.384. The second kappa shape index (κ2) is 10.4. The molecule has 0 saturated heterocycles. The molecule has 0 aliphatic carbocycles. The van der Waals surface area contributed by atoms with E-state index in [1.54, 1.807) is 0 Å². The number of aliphatic imine (C=N–C) groups is 1. The molecular weight excluding hydrogens is 378 g/mol. The maximum Gasteiger partial charge on any atom is 0.0819 e. The van der Waals surface area contributed by atoms with Crippen LogP contribution in [0, 0.1) is 11.8 Å². The number of hydrogen-bond donors (Lipinski definition) is 1. The van der Waals surface area contributed by atoms with Crippen LogP contribution in [0.2, 0.25) is 0 Å². The van der Waals surface area contributed by atoms with Crippen molar-refractivity contribution in [2.45, 2.75) is 54.0 Å². The topological polar surface area (TPSA) is 37.3 Å². The molecule has 1 aliphatic heterocycles. The van der Waals surface area contributed by atoms with E-state index in [-0.39, 0.29) is 0 Å². The Balaban J connectivity index is 1.80. The lowest BCUT2D eigenvalue weighted by molar-refractivity contribution is 0.769. The number of benzene rings is 1. The van der Waals surface area contributed by atoms with Crippen LogP contribution in [0.15, 0.2) is 77.0 Å². The summed E-state index contributed by atoms with van der Waals surface area (Å²) in [6.45, 7) is 13.2. The second-order valence-electron chi connectivity index (χ2n) is 9.02. The fourth-order valence-corrected chi connectivity index (χ4v) is 3.54. The molecule has 0 spiro atoms. The van der Waals surface area contributed by atoms with E-state index in [2.05, 4.69) is 94.3 Å². The molecule has 1 aromatic heterocycles. The van der Waals surface area contributed by atoms with Gasteiger partial charge < -0.3 is 5.32 Å². The van der Waals surface area contributed by atoms with E-state index in [4.69, 9.17) is 4.98 Å². The van der Waals surface area contributed by atoms with Crippen molar-refractivity contribution in [1.82, 2.24) is 4.98 Å². The molecule has 1 aromatic carbocycles. The fourth-order valence-electron chi connectivity index (χ4n) is 3.54. The van der Waals surface area contributed by atoms with Gasteiger partial charge in [-0.2, -0.15) is 0 Å². The van der Waals surface area contributed by atoms with Crippen molar-refractivity contribution in [1.29, 1.82) is 0 Å². The van der Waals surface area contributed by atoms with E-state index in [0.717, 1.165) is 23.4 Å². The normalized spacial score (nSPS) is 17.2. The summed E-state index contributed by atoms with van der Waals surface area (Å²) < 4.78 is 0. The third-order valence-electron chi connectivity index (χ3n) is 5.77. The first-order valence-corrected chi connectivity index (χ1v) is 11.3. The minimum Gasteiger partial charge on any atom is -0.381 e. The Bertz CT molecular complexity index is 1020. The van der Waals surface area contributed by atoms with Gasteiger partial charge in [-0.1, -0.05) is 75.8 Å². The van der Waals surface area contributed by atoms with Crippen LogP contribution >= 0.6 is 0 Å². The minimum absolute atomic E-state index is 0.403. The number of allylic oxidation sites excluding steroid dienone is 5. The molecule has 0 radical (unpaired) electrons. The Morgan fingerprint density at radius 1 is 1.10 bits per heavy atom. The van der Waals surface area contributed by atoms with Crippen molar-refractivity contribution in [3.8, 4) is 11.3 Å². The van der Waals surface area contributed by atoms with Gasteiger partial charge in [0.25, 0.3) is 0 Å². The van der Waals surface area contributed by atoms with Crippen LogP contribution in [0.4, 0.5) is 5.69 Å². The smallest absolute Gasteiger partial charge is 0.0819 e. The van der Waals surface area contributed by atoms with Crippen LogP contribution in [0.5, 0.6) is 0 Å². The molecule has 2 heterocycles. The van der Waals surface area contributed by atoms with Crippen LogP contribution in [-0.4, -0.2) is 17.2 Å². The lowest BCUT2D eigenvalue weighted by Gasteiger charge is -2.10. The van der Waals surface area contributed by atoms with Crippen molar-refractivity contribution in [3.05, 3.63) is 83.2 Å². The summed E-state index contributed by atoms with van der Waals surface area (Å²) >= 11 is 0. The van der Waals surface area contributed by atoms with Gasteiger partial charge in [-0.15, -0.1) is 0 Å². The molecule has 3 rings (SSSR count). The molecule has 1 unspecified atom stereocenters. The van der Waals surface area contributed by atoms with Gasteiger partial charge in [0.1, 0.15) is 0 Å². The van der Waals surface area contributed by atoms with Crippen molar-refractivity contribution < 1.29 is 0 Å². The lowest BCUT2D eigenvalue weighted by atomic mass is 10.0. The van der Waals surface area contributed by atoms with Crippen molar-refractivity contribution >= 4 is 11.9 Å². The molecule has 1 atom stereocenters. The highest BCUT2D eigenvalue weighted by Gasteiger charge is 2.20. The van der Waals surface area contributed by atoms with Crippen molar-refractivity contribution in [3.63, 3.8) is 0 Å². The number of nitrogens with one attached hydrogen (secondary N) is 1. The number of para-hydroxylation sites is 1. The molecule has 0 saturated carbocycles. The zero-order chi connectivity index (χ0) is 22.4. The lowest BCUT2D eigenvalue weighted by Crippen LogP contribution is -2.09. The van der Waals surface area contributed by atoms with Gasteiger partial charge in [0, 0.05) is 23.5 Å². The number of nitrogens with zero attached hydrogens (tertiary/aromatic N) is 2. The summed E-state index contributed by atoms with van der Waals surface area (Å²) in [5.41, 5.74) is 8.15. The number of hydrogen-bond acceptors (Lipinski definition) is 3. The van der Waals surface area contributed by atoms with Crippen LogP contribution in [0.25, 0.3) is 11.3 Å². The van der Waals surface area contributed by atoms with Crippen LogP contribution in [0.1, 0.15) is 52.8 Å². The number of aromatic nitrogens is 1. The Morgan fingerprint density at radius 3 is 2.61 bits per heavy atom. The molecule has 0 bridgehead atoms. The summed E-state index contributed by atoms with van der Waals surface area (Å²) in [5.74, 6) is 0.970. The number of anilines is 1. The van der Waals surface area contributed by atoms with E-state index >= 15 is 0 Å². The zero-order valence-electron chi connectivity index (χ0n) is 19.7. The molecule has 3 heteroatoms. The summed E-state index contributed by atoms with van der Waals surface area (Å²) in [7, 11) is 0. The molecular formula is C28H35N3. The summed E-state index contributed by atoms with van der Waals surface area (Å²) in [4.78, 5) is 9.42. The summed E-state index contributed by atoms with van der Waals surface area (Å²) in [6.07, 6.45) is 11.3. The number of rotatable bonds is 7. The van der Waals surface area contributed by atoms with Gasteiger partial charge in [0.05, 0.1) is 17.6 Å². The number of pyridine rings is 1. The average molecular weight is 414 g/mol. The molecule has 2 aromatic rings. The Labute approximate surface area is 187 Å². The first-order chi connectivity index (χ1) is 14.8. The van der Waals surface area contributed by atoms with Gasteiger partial charge >= 0.3 is 0 Å². The third-order valence-corrected chi connectivity index (χ3v) is 5.77. The van der Waals surface area contributed by atoms with Gasteiger partial charge in [0.2, 0.25) is 0 Å². The fraction of sp³-hybridized carbons (Fsp3) is 0.357. The molecule has 162 valence electrons. The van der Waals surface area contributed by atoms with E-state index < -0.39 is 0 Å². The van der Waals surface area contributed by atoms with Crippen molar-refractivity contribution in [2.75, 3.05) is 5.32 Å². The molecule has 0 fully saturated rings. The second-order valence-corrected chi connectivity index (χ2v) is 9.02. The Hall–Kier alpha value is -2.94. The highest BCUT2D eigenvalue weighted by Crippen LogP contribution is 2.35. The Morgan fingerprint density at radius 2 is 1.87 bits per heavy atom. The minimum atomic E-state index is 0.403. The third kappa shape index (κ3) is 6.04. The SMILES string of the molecule is C\C(=C/C=C\C(=C\N=Cc1cccc(-c2cccc3c2NC(C)C3)n1)C(C)C)C(C)C. The molecule has 1 aliphatic rings. The zero-order valence-corrected chi connectivity index (χ0v) is 19.7. The van der Waals surface area contributed by atoms with Gasteiger partial charge in [0.15, 0.2) is 0 Å². The van der Waals surface area contributed by atoms with Gasteiger partial charge in [-0.3, -0.25) is 4.99 Å². The van der Waals surface area contributed by atoms with E-state index in [1.807, 2.05) is 24.5 Å². The highest BCUT2D eigenvalue weighted by atomic mass is 14.9. The van der Waals surface area contributed by atoms with E-state index in [9.17, 15) is 0 Å². The first-order valence-electron chi connectivity index (χ1n) is 11.3. The number of fused-ring (bicyclic) bond motifs is 1. The highest BCUT2D eigenvalue weighted by molar-refractivity contribution is 5.83. The maximum absolute atomic E-state index is 4.85. The standard InChI is InChI=1S/C28H35N3/c1-19(2)21(5)10-7-12-24(20(3)4)17-29-18-25-13-9-15-27(31-25)26-14-8-11-23-16-22(6)30-28(23)26/h7-15,17-20,22,30H,16H2,1-6H3/b12-7-,21-10+,24-17-,29-18?. The van der Waals surface area contributed by atoms with Crippen LogP contribution in [-0.2, 0) is 6.42 Å². The average Bonchev–Trinajstić information content (AvgIpc) is 3.12. The van der Waals surface area contributed by atoms with Gasteiger partial charge in [-0.25, -0.2) is 4.98 Å². The predicted molar refractivity (Wildman–Crippen MR) is 135 cm³/mol. The summed E-state index contributed by atoms with van der Waals surface area (Å²) in [6, 6.07) is 13.0. The Kier molecular flexibility index (Phi) is 7.62. The maximum atomic E-state index is 4.85. The van der Waals surface area contributed by atoms with Crippen LogP contribution in [0.3, 0.4) is 0 Å². The largest absolute Gasteiger partial charge is 0.381 e. The first kappa shape index (κ1) is 22.7. The molecule has 1 N–H and O–H groups in total. The van der Waals surface area contributed by atoms with Crippen LogP contribution < -0.4 is 5.32 Å².